The Kier molecular flexibility index (Phi) is 2.64. The quantitative estimate of drug-likeness (QED) is 0.695. The number of rotatable bonds is 2. The van der Waals surface area contributed by atoms with Crippen LogP contribution in [0.3, 0.4) is 0 Å². The van der Waals surface area contributed by atoms with Gasteiger partial charge in [-0.25, -0.2) is 0 Å². The summed E-state index contributed by atoms with van der Waals surface area (Å²) < 4.78 is 0. The molecule has 1 nitrogen and oxygen atoms in total. The highest BCUT2D eigenvalue weighted by atomic mass is 16.3. The van der Waals surface area contributed by atoms with Gasteiger partial charge < -0.3 is 5.11 Å². The van der Waals surface area contributed by atoms with Crippen molar-refractivity contribution in [2.24, 2.45) is 11.8 Å². The zero-order valence-electron chi connectivity index (χ0n) is 8.76. The van der Waals surface area contributed by atoms with Crippen molar-refractivity contribution in [2.45, 2.75) is 63.9 Å². The zero-order chi connectivity index (χ0) is 9.31. The van der Waals surface area contributed by atoms with E-state index in [0.717, 1.165) is 18.8 Å². The molecule has 0 heterocycles. The summed E-state index contributed by atoms with van der Waals surface area (Å²) in [5, 5.41) is 10.4. The average Bonchev–Trinajstić information content (AvgIpc) is 2.02. The van der Waals surface area contributed by atoms with Crippen molar-refractivity contribution < 1.29 is 5.11 Å². The molecule has 0 radical (unpaired) electrons. The highest BCUT2D eigenvalue weighted by Gasteiger charge is 2.42. The van der Waals surface area contributed by atoms with Crippen LogP contribution >= 0.6 is 0 Å². The fraction of sp³-hybridized carbons (Fsp3) is 1.00. The van der Waals surface area contributed by atoms with Crippen LogP contribution in [0, 0.1) is 11.8 Å². The van der Waals surface area contributed by atoms with E-state index in [1.807, 2.05) is 0 Å². The van der Waals surface area contributed by atoms with Gasteiger partial charge in [0.2, 0.25) is 0 Å². The van der Waals surface area contributed by atoms with Crippen molar-refractivity contribution in [2.75, 3.05) is 0 Å². The minimum Gasteiger partial charge on any atom is -0.390 e. The molecule has 0 aliphatic heterocycles. The van der Waals surface area contributed by atoms with Gasteiger partial charge in [0.15, 0.2) is 0 Å². The van der Waals surface area contributed by atoms with Crippen molar-refractivity contribution in [3.8, 4) is 0 Å². The largest absolute Gasteiger partial charge is 0.390 e. The van der Waals surface area contributed by atoms with E-state index in [-0.39, 0.29) is 5.60 Å². The summed E-state index contributed by atoms with van der Waals surface area (Å²) in [5.41, 5.74) is -0.246. The van der Waals surface area contributed by atoms with Crippen LogP contribution in [0.15, 0.2) is 0 Å². The van der Waals surface area contributed by atoms with Crippen LogP contribution in [0.4, 0.5) is 0 Å². The maximum absolute atomic E-state index is 10.4. The maximum atomic E-state index is 10.4. The van der Waals surface area contributed by atoms with Gasteiger partial charge in [-0.1, -0.05) is 19.8 Å². The van der Waals surface area contributed by atoms with Gasteiger partial charge in [0, 0.05) is 0 Å². The van der Waals surface area contributed by atoms with Gasteiger partial charge in [-0.2, -0.15) is 0 Å². The van der Waals surface area contributed by atoms with E-state index in [0.29, 0.717) is 5.92 Å². The van der Waals surface area contributed by atoms with E-state index in [1.54, 1.807) is 0 Å². The molecule has 2 saturated carbocycles. The Bertz CT molecular complexity index is 164. The molecule has 2 aliphatic rings. The normalized spacial score (nSPS) is 41.5. The molecule has 2 fully saturated rings. The minimum atomic E-state index is -0.246. The molecule has 0 aromatic carbocycles. The molecule has 0 bridgehead atoms. The van der Waals surface area contributed by atoms with Crippen LogP contribution in [0.2, 0.25) is 0 Å². The summed E-state index contributed by atoms with van der Waals surface area (Å²) >= 11 is 0. The van der Waals surface area contributed by atoms with E-state index in [4.69, 9.17) is 0 Å². The van der Waals surface area contributed by atoms with E-state index in [9.17, 15) is 5.11 Å². The number of aliphatic hydroxyl groups is 1. The molecular weight excluding hydrogens is 160 g/mol. The molecule has 0 spiro atoms. The first-order valence-corrected chi connectivity index (χ1v) is 5.97. The third kappa shape index (κ3) is 1.76. The lowest BCUT2D eigenvalue weighted by molar-refractivity contribution is -0.0851. The lowest BCUT2D eigenvalue weighted by Crippen LogP contribution is -2.44. The fourth-order valence-electron chi connectivity index (χ4n) is 2.94. The zero-order valence-corrected chi connectivity index (χ0v) is 8.76. The molecule has 76 valence electrons. The SMILES string of the molecule is CCC1CCC(O)(C2CCC2)CC1. The molecule has 2 aliphatic carbocycles. The standard InChI is InChI=1S/C12H22O/c1-2-10-6-8-12(13,9-7-10)11-4-3-5-11/h10-11,13H,2-9H2,1H3. The third-order valence-electron chi connectivity index (χ3n) is 4.41. The molecule has 0 atom stereocenters. The first-order chi connectivity index (χ1) is 6.24. The topological polar surface area (TPSA) is 20.2 Å². The molecule has 0 aromatic rings. The first-order valence-electron chi connectivity index (χ1n) is 5.97. The molecule has 1 heteroatoms. The molecular formula is C12H22O. The van der Waals surface area contributed by atoms with Gasteiger partial charge in [-0.3, -0.25) is 0 Å². The van der Waals surface area contributed by atoms with E-state index >= 15 is 0 Å². The predicted molar refractivity (Wildman–Crippen MR) is 54.5 cm³/mol. The van der Waals surface area contributed by atoms with Crippen molar-refractivity contribution in [1.29, 1.82) is 0 Å². The van der Waals surface area contributed by atoms with Crippen molar-refractivity contribution in [3.63, 3.8) is 0 Å². The molecule has 0 aromatic heterocycles. The third-order valence-corrected chi connectivity index (χ3v) is 4.41. The Balaban J connectivity index is 1.87. The van der Waals surface area contributed by atoms with Gasteiger partial charge in [0.05, 0.1) is 5.60 Å². The van der Waals surface area contributed by atoms with Crippen LogP contribution in [0.25, 0.3) is 0 Å². The van der Waals surface area contributed by atoms with Crippen molar-refractivity contribution in [3.05, 3.63) is 0 Å². The smallest absolute Gasteiger partial charge is 0.0676 e. The van der Waals surface area contributed by atoms with Crippen LogP contribution in [0.1, 0.15) is 58.3 Å². The Morgan fingerprint density at radius 2 is 1.77 bits per heavy atom. The number of hydrogen-bond acceptors (Lipinski definition) is 1. The van der Waals surface area contributed by atoms with Crippen LogP contribution in [-0.4, -0.2) is 10.7 Å². The lowest BCUT2D eigenvalue weighted by Gasteiger charge is -2.45. The second-order valence-corrected chi connectivity index (χ2v) is 5.08. The summed E-state index contributed by atoms with van der Waals surface area (Å²) in [7, 11) is 0. The highest BCUT2D eigenvalue weighted by Crippen LogP contribution is 2.45. The minimum absolute atomic E-state index is 0.246. The van der Waals surface area contributed by atoms with E-state index < -0.39 is 0 Å². The van der Waals surface area contributed by atoms with Crippen molar-refractivity contribution >= 4 is 0 Å². The Hall–Kier alpha value is -0.0400. The number of hydrogen-bond donors (Lipinski definition) is 1. The first kappa shape index (κ1) is 9.51. The van der Waals surface area contributed by atoms with Crippen molar-refractivity contribution in [1.82, 2.24) is 0 Å². The average molecular weight is 182 g/mol. The molecule has 0 unspecified atom stereocenters. The molecule has 1 N–H and O–H groups in total. The second-order valence-electron chi connectivity index (χ2n) is 5.08. The summed E-state index contributed by atoms with van der Waals surface area (Å²) in [4.78, 5) is 0. The van der Waals surface area contributed by atoms with Gasteiger partial charge in [0.25, 0.3) is 0 Å². The van der Waals surface area contributed by atoms with Gasteiger partial charge >= 0.3 is 0 Å². The predicted octanol–water partition coefficient (Wildman–Crippen LogP) is 3.12. The van der Waals surface area contributed by atoms with E-state index in [2.05, 4.69) is 6.92 Å². The second kappa shape index (κ2) is 3.61. The summed E-state index contributed by atoms with van der Waals surface area (Å²) in [6.07, 6.45) is 9.92. The summed E-state index contributed by atoms with van der Waals surface area (Å²) in [6, 6.07) is 0. The molecule has 2 rings (SSSR count). The van der Waals surface area contributed by atoms with Gasteiger partial charge in [0.1, 0.15) is 0 Å². The Morgan fingerprint density at radius 1 is 1.15 bits per heavy atom. The van der Waals surface area contributed by atoms with Gasteiger partial charge in [-0.05, 0) is 50.4 Å². The van der Waals surface area contributed by atoms with Crippen LogP contribution < -0.4 is 0 Å². The monoisotopic (exact) mass is 182 g/mol. The molecule has 0 saturated heterocycles. The maximum Gasteiger partial charge on any atom is 0.0676 e. The van der Waals surface area contributed by atoms with Crippen LogP contribution in [0.5, 0.6) is 0 Å². The Morgan fingerprint density at radius 3 is 2.15 bits per heavy atom. The van der Waals surface area contributed by atoms with Crippen LogP contribution in [-0.2, 0) is 0 Å². The summed E-state index contributed by atoms with van der Waals surface area (Å²) in [5.74, 6) is 1.56. The highest BCUT2D eigenvalue weighted by molar-refractivity contribution is 4.94. The fourth-order valence-corrected chi connectivity index (χ4v) is 2.94. The lowest BCUT2D eigenvalue weighted by atomic mass is 9.65. The van der Waals surface area contributed by atoms with Gasteiger partial charge in [-0.15, -0.1) is 0 Å². The molecule has 0 amide bonds. The molecule has 13 heavy (non-hydrogen) atoms. The van der Waals surface area contributed by atoms with E-state index in [1.165, 1.54) is 38.5 Å². The summed E-state index contributed by atoms with van der Waals surface area (Å²) in [6.45, 7) is 2.28. The Labute approximate surface area is 81.5 Å².